The maximum Gasteiger partial charge on any atom is 0.325 e. The molecule has 27 heavy (non-hydrogen) atoms. The lowest BCUT2D eigenvalue weighted by Gasteiger charge is -2.10. The van der Waals surface area contributed by atoms with Crippen LogP contribution in [0.15, 0.2) is 60.0 Å². The number of aromatic nitrogens is 1. The summed E-state index contributed by atoms with van der Waals surface area (Å²) in [6.45, 7) is 2.79. The highest BCUT2D eigenvalue weighted by Crippen LogP contribution is 2.21. The number of benzene rings is 2. The summed E-state index contributed by atoms with van der Waals surface area (Å²) in [5, 5.41) is 7.87. The molecule has 2 amide bonds. The Morgan fingerprint density at radius 1 is 1.15 bits per heavy atom. The zero-order chi connectivity index (χ0) is 19.1. The minimum Gasteiger partial charge on any atom is -0.375 e. The molecule has 3 aromatic rings. The zero-order valence-electron chi connectivity index (χ0n) is 15.0. The molecule has 0 bridgehead atoms. The van der Waals surface area contributed by atoms with E-state index in [1.165, 1.54) is 11.3 Å². The van der Waals surface area contributed by atoms with Gasteiger partial charge in [0.2, 0.25) is 0 Å². The van der Waals surface area contributed by atoms with E-state index in [1.807, 2.05) is 66.9 Å². The van der Waals surface area contributed by atoms with E-state index in [-0.39, 0.29) is 12.1 Å². The van der Waals surface area contributed by atoms with E-state index in [0.717, 1.165) is 16.8 Å². The van der Waals surface area contributed by atoms with Crippen molar-refractivity contribution < 1.29 is 9.53 Å². The predicted molar refractivity (Wildman–Crippen MR) is 109 cm³/mol. The number of nitrogens with zero attached hydrogens (tertiary/aromatic N) is 1. The Bertz CT molecular complexity index is 882. The van der Waals surface area contributed by atoms with E-state index in [1.54, 1.807) is 0 Å². The molecule has 0 spiro atoms. The molecule has 1 unspecified atom stereocenters. The summed E-state index contributed by atoms with van der Waals surface area (Å²) in [6, 6.07) is 16.8. The Kier molecular flexibility index (Phi) is 6.54. The van der Waals surface area contributed by atoms with Crippen LogP contribution in [0, 0.1) is 6.92 Å². The number of thiazole rings is 1. The first-order valence-electron chi connectivity index (χ1n) is 8.58. The lowest BCUT2D eigenvalue weighted by Crippen LogP contribution is -2.20. The van der Waals surface area contributed by atoms with Crippen LogP contribution in [0.25, 0.3) is 0 Å². The largest absolute Gasteiger partial charge is 0.375 e. The lowest BCUT2D eigenvalue weighted by molar-refractivity contribution is 0.107. The SMILES string of the molecule is Cc1ccccc1NC(=O)Nc1nc(C(N)COCc2ccccc2)cs1. The first-order chi connectivity index (χ1) is 13.1. The number of carbonyl (C=O) groups excluding carboxylic acids is 1. The minimum absolute atomic E-state index is 0.334. The maximum absolute atomic E-state index is 12.1. The van der Waals surface area contributed by atoms with Gasteiger partial charge in [-0.25, -0.2) is 9.78 Å². The second-order valence-electron chi connectivity index (χ2n) is 6.08. The third kappa shape index (κ3) is 5.62. The number of anilines is 2. The first kappa shape index (κ1) is 19.0. The maximum atomic E-state index is 12.1. The van der Waals surface area contributed by atoms with Crippen LogP contribution in [-0.4, -0.2) is 17.6 Å². The Morgan fingerprint density at radius 2 is 1.89 bits per heavy atom. The van der Waals surface area contributed by atoms with E-state index in [2.05, 4.69) is 15.6 Å². The second-order valence-corrected chi connectivity index (χ2v) is 6.94. The highest BCUT2D eigenvalue weighted by Gasteiger charge is 2.13. The molecule has 0 saturated carbocycles. The van der Waals surface area contributed by atoms with Gasteiger partial charge < -0.3 is 15.8 Å². The van der Waals surface area contributed by atoms with Crippen LogP contribution in [0.2, 0.25) is 0 Å². The van der Waals surface area contributed by atoms with Crippen molar-refractivity contribution in [2.24, 2.45) is 5.73 Å². The van der Waals surface area contributed by atoms with Gasteiger partial charge in [-0.15, -0.1) is 11.3 Å². The molecular weight excluding hydrogens is 360 g/mol. The van der Waals surface area contributed by atoms with Gasteiger partial charge in [-0.1, -0.05) is 48.5 Å². The summed E-state index contributed by atoms with van der Waals surface area (Å²) in [6.07, 6.45) is 0. The van der Waals surface area contributed by atoms with Crippen LogP contribution < -0.4 is 16.4 Å². The molecule has 4 N–H and O–H groups in total. The van der Waals surface area contributed by atoms with Crippen LogP contribution in [0.1, 0.15) is 22.9 Å². The molecule has 0 saturated heterocycles. The van der Waals surface area contributed by atoms with Crippen LogP contribution in [0.3, 0.4) is 0 Å². The number of carbonyl (C=O) groups is 1. The molecule has 2 aromatic carbocycles. The smallest absolute Gasteiger partial charge is 0.325 e. The zero-order valence-corrected chi connectivity index (χ0v) is 15.8. The molecule has 0 aliphatic heterocycles. The minimum atomic E-state index is -0.347. The number of amides is 2. The van der Waals surface area contributed by atoms with E-state index < -0.39 is 0 Å². The van der Waals surface area contributed by atoms with Gasteiger partial charge in [0.05, 0.1) is 24.9 Å². The van der Waals surface area contributed by atoms with Crippen molar-refractivity contribution in [3.8, 4) is 0 Å². The van der Waals surface area contributed by atoms with Gasteiger partial charge in [0.1, 0.15) is 0 Å². The number of rotatable bonds is 7. The molecule has 1 aromatic heterocycles. The van der Waals surface area contributed by atoms with Crippen molar-refractivity contribution in [2.45, 2.75) is 19.6 Å². The third-order valence-corrected chi connectivity index (χ3v) is 4.70. The number of nitrogens with one attached hydrogen (secondary N) is 2. The second kappa shape index (κ2) is 9.27. The van der Waals surface area contributed by atoms with Crippen molar-refractivity contribution in [1.82, 2.24) is 4.98 Å². The quantitative estimate of drug-likeness (QED) is 0.568. The number of aryl methyl sites for hydroxylation is 1. The van der Waals surface area contributed by atoms with E-state index >= 15 is 0 Å². The Balaban J connectivity index is 1.48. The molecule has 140 valence electrons. The van der Waals surface area contributed by atoms with Crippen molar-refractivity contribution in [3.05, 3.63) is 76.8 Å². The Labute approximate surface area is 162 Å². The molecule has 0 fully saturated rings. The van der Waals surface area contributed by atoms with Crippen molar-refractivity contribution >= 4 is 28.2 Å². The number of nitrogens with two attached hydrogens (primary N) is 1. The molecule has 0 aliphatic carbocycles. The van der Waals surface area contributed by atoms with Crippen molar-refractivity contribution in [3.63, 3.8) is 0 Å². The van der Waals surface area contributed by atoms with Gasteiger partial charge >= 0.3 is 6.03 Å². The highest BCUT2D eigenvalue weighted by molar-refractivity contribution is 7.13. The van der Waals surface area contributed by atoms with Gasteiger partial charge in [0.25, 0.3) is 0 Å². The van der Waals surface area contributed by atoms with E-state index in [9.17, 15) is 4.79 Å². The average molecular weight is 382 g/mol. The number of para-hydroxylation sites is 1. The van der Waals surface area contributed by atoms with Gasteiger partial charge in [0.15, 0.2) is 5.13 Å². The van der Waals surface area contributed by atoms with Gasteiger partial charge in [-0.3, -0.25) is 5.32 Å². The number of ether oxygens (including phenoxy) is 1. The van der Waals surface area contributed by atoms with Crippen LogP contribution in [-0.2, 0) is 11.3 Å². The number of hydrogen-bond acceptors (Lipinski definition) is 5. The third-order valence-electron chi connectivity index (χ3n) is 3.92. The highest BCUT2D eigenvalue weighted by atomic mass is 32.1. The predicted octanol–water partition coefficient (Wildman–Crippen LogP) is 4.31. The molecule has 0 aliphatic rings. The molecule has 1 heterocycles. The van der Waals surface area contributed by atoms with Gasteiger partial charge in [-0.2, -0.15) is 0 Å². The fraction of sp³-hybridized carbons (Fsp3) is 0.200. The number of urea groups is 1. The van der Waals surface area contributed by atoms with Crippen LogP contribution in [0.4, 0.5) is 15.6 Å². The molecule has 1 atom stereocenters. The average Bonchev–Trinajstić information content (AvgIpc) is 3.13. The molecule has 7 heteroatoms. The van der Waals surface area contributed by atoms with Gasteiger partial charge in [0, 0.05) is 11.1 Å². The molecular formula is C20H22N4O2S. The Hall–Kier alpha value is -2.74. The summed E-state index contributed by atoms with van der Waals surface area (Å²) in [7, 11) is 0. The fourth-order valence-corrected chi connectivity index (χ4v) is 3.21. The topological polar surface area (TPSA) is 89.3 Å². The summed E-state index contributed by atoms with van der Waals surface area (Å²) < 4.78 is 5.66. The van der Waals surface area contributed by atoms with Gasteiger partial charge in [-0.05, 0) is 24.1 Å². The monoisotopic (exact) mass is 382 g/mol. The Morgan fingerprint density at radius 3 is 2.67 bits per heavy atom. The van der Waals surface area contributed by atoms with E-state index in [0.29, 0.717) is 24.0 Å². The first-order valence-corrected chi connectivity index (χ1v) is 9.46. The summed E-state index contributed by atoms with van der Waals surface area (Å²) >= 11 is 1.33. The normalized spacial score (nSPS) is 11.8. The summed E-state index contributed by atoms with van der Waals surface area (Å²) in [5.41, 5.74) is 9.68. The molecule has 0 radical (unpaired) electrons. The summed E-state index contributed by atoms with van der Waals surface area (Å²) in [5.74, 6) is 0. The summed E-state index contributed by atoms with van der Waals surface area (Å²) in [4.78, 5) is 16.5. The van der Waals surface area contributed by atoms with Crippen molar-refractivity contribution in [1.29, 1.82) is 0 Å². The molecule has 6 nitrogen and oxygen atoms in total. The van der Waals surface area contributed by atoms with Crippen LogP contribution >= 0.6 is 11.3 Å². The van der Waals surface area contributed by atoms with Crippen LogP contribution in [0.5, 0.6) is 0 Å². The standard InChI is InChI=1S/C20H22N4O2S/c1-14-7-5-6-10-17(14)22-19(25)24-20-23-18(13-27-20)16(21)12-26-11-15-8-3-2-4-9-15/h2-10,13,16H,11-12,21H2,1H3,(H2,22,23,24,25). The lowest BCUT2D eigenvalue weighted by atomic mass is 10.2. The molecule has 3 rings (SSSR count). The van der Waals surface area contributed by atoms with E-state index in [4.69, 9.17) is 10.5 Å². The number of hydrogen-bond donors (Lipinski definition) is 3. The fourth-order valence-electron chi connectivity index (χ4n) is 2.44. The van der Waals surface area contributed by atoms with Crippen molar-refractivity contribution in [2.75, 3.05) is 17.2 Å².